The molecular formula is C12H14F2N2O4. The van der Waals surface area contributed by atoms with Crippen LogP contribution >= 0.6 is 0 Å². The molecule has 1 amide bonds. The molecule has 0 unspecified atom stereocenters. The van der Waals surface area contributed by atoms with E-state index in [-0.39, 0.29) is 0 Å². The molecule has 110 valence electrons. The van der Waals surface area contributed by atoms with E-state index in [1.54, 1.807) is 0 Å². The summed E-state index contributed by atoms with van der Waals surface area (Å²) in [5.41, 5.74) is -1.53. The van der Waals surface area contributed by atoms with Gasteiger partial charge in [-0.3, -0.25) is 14.9 Å². The van der Waals surface area contributed by atoms with E-state index in [2.05, 4.69) is 0 Å². The number of nitrogens with zero attached hydrogens (tertiary/aromatic N) is 2. The fourth-order valence-corrected chi connectivity index (χ4v) is 1.59. The minimum Gasteiger partial charge on any atom is -0.385 e. The Balaban J connectivity index is 2.93. The molecule has 0 atom stereocenters. The van der Waals surface area contributed by atoms with Crippen molar-refractivity contribution in [3.8, 4) is 0 Å². The van der Waals surface area contributed by atoms with E-state index in [0.29, 0.717) is 31.7 Å². The van der Waals surface area contributed by atoms with Crippen LogP contribution in [0.2, 0.25) is 0 Å². The van der Waals surface area contributed by atoms with Gasteiger partial charge in [-0.25, -0.2) is 4.39 Å². The van der Waals surface area contributed by atoms with Crippen molar-refractivity contribution in [2.24, 2.45) is 0 Å². The highest BCUT2D eigenvalue weighted by Gasteiger charge is 2.23. The van der Waals surface area contributed by atoms with Crippen molar-refractivity contribution < 1.29 is 23.2 Å². The molecular weight excluding hydrogens is 274 g/mol. The van der Waals surface area contributed by atoms with Crippen LogP contribution in [0, 0.1) is 21.7 Å². The molecule has 0 N–H and O–H groups in total. The second kappa shape index (κ2) is 6.90. The van der Waals surface area contributed by atoms with Gasteiger partial charge in [0.2, 0.25) is 5.82 Å². The first-order valence-corrected chi connectivity index (χ1v) is 5.76. The normalized spacial score (nSPS) is 10.4. The van der Waals surface area contributed by atoms with Crippen molar-refractivity contribution in [1.29, 1.82) is 0 Å². The molecule has 6 nitrogen and oxygen atoms in total. The molecule has 0 aliphatic carbocycles. The van der Waals surface area contributed by atoms with Gasteiger partial charge in [0.1, 0.15) is 5.82 Å². The first kappa shape index (κ1) is 16.0. The predicted molar refractivity (Wildman–Crippen MR) is 66.5 cm³/mol. The molecule has 0 saturated heterocycles. The monoisotopic (exact) mass is 288 g/mol. The van der Waals surface area contributed by atoms with Gasteiger partial charge in [-0.2, -0.15) is 4.39 Å². The van der Waals surface area contributed by atoms with Crippen LogP contribution < -0.4 is 0 Å². The van der Waals surface area contributed by atoms with Crippen LogP contribution in [0.25, 0.3) is 0 Å². The third kappa shape index (κ3) is 3.70. The Morgan fingerprint density at radius 1 is 1.40 bits per heavy atom. The van der Waals surface area contributed by atoms with Crippen LogP contribution in [0.15, 0.2) is 12.1 Å². The fourth-order valence-electron chi connectivity index (χ4n) is 1.59. The summed E-state index contributed by atoms with van der Waals surface area (Å²) in [7, 11) is 2.93. The summed E-state index contributed by atoms with van der Waals surface area (Å²) < 4.78 is 31.9. The molecule has 1 aromatic carbocycles. The van der Waals surface area contributed by atoms with E-state index in [1.807, 2.05) is 0 Å². The zero-order valence-electron chi connectivity index (χ0n) is 11.1. The Kier molecular flexibility index (Phi) is 5.51. The lowest BCUT2D eigenvalue weighted by Crippen LogP contribution is -2.29. The second-order valence-corrected chi connectivity index (χ2v) is 4.11. The molecule has 0 saturated carbocycles. The molecule has 0 aliphatic rings. The van der Waals surface area contributed by atoms with Gasteiger partial charge in [-0.1, -0.05) is 0 Å². The smallest absolute Gasteiger partial charge is 0.307 e. The first-order valence-electron chi connectivity index (χ1n) is 5.76. The van der Waals surface area contributed by atoms with Crippen molar-refractivity contribution in [3.05, 3.63) is 39.4 Å². The Hall–Kier alpha value is -2.09. The SMILES string of the molecule is COCCCN(C)C(=O)c1cc(F)c([N+](=O)[O-])cc1F. The molecule has 0 heterocycles. The number of halogens is 2. The topological polar surface area (TPSA) is 72.7 Å². The lowest BCUT2D eigenvalue weighted by molar-refractivity contribution is -0.387. The quantitative estimate of drug-likeness (QED) is 0.456. The number of rotatable bonds is 6. The van der Waals surface area contributed by atoms with Crippen molar-refractivity contribution >= 4 is 11.6 Å². The number of benzene rings is 1. The van der Waals surface area contributed by atoms with Gasteiger partial charge in [0.05, 0.1) is 16.6 Å². The van der Waals surface area contributed by atoms with Crippen LogP contribution in [0.1, 0.15) is 16.8 Å². The fraction of sp³-hybridized carbons (Fsp3) is 0.417. The van der Waals surface area contributed by atoms with E-state index in [4.69, 9.17) is 4.74 Å². The van der Waals surface area contributed by atoms with E-state index < -0.39 is 33.7 Å². The van der Waals surface area contributed by atoms with Crippen LogP contribution in [-0.2, 0) is 4.74 Å². The van der Waals surface area contributed by atoms with Crippen molar-refractivity contribution in [1.82, 2.24) is 4.90 Å². The van der Waals surface area contributed by atoms with Gasteiger partial charge in [0.25, 0.3) is 5.91 Å². The van der Waals surface area contributed by atoms with Gasteiger partial charge < -0.3 is 9.64 Å². The Bertz CT molecular complexity index is 522. The Morgan fingerprint density at radius 3 is 2.60 bits per heavy atom. The summed E-state index contributed by atoms with van der Waals surface area (Å²) in [5.74, 6) is -3.11. The molecule has 0 radical (unpaired) electrons. The standard InChI is InChI=1S/C12H14F2N2O4/c1-15(4-3-5-20-2)12(17)8-6-10(14)11(16(18)19)7-9(8)13/h6-7H,3-5H2,1-2H3. The van der Waals surface area contributed by atoms with Crippen LogP contribution in [0.5, 0.6) is 0 Å². The van der Waals surface area contributed by atoms with E-state index in [0.717, 1.165) is 0 Å². The highest BCUT2D eigenvalue weighted by molar-refractivity contribution is 5.94. The van der Waals surface area contributed by atoms with Gasteiger partial charge in [-0.15, -0.1) is 0 Å². The summed E-state index contributed by atoms with van der Waals surface area (Å²) in [4.78, 5) is 22.5. The molecule has 20 heavy (non-hydrogen) atoms. The Labute approximate surface area is 114 Å². The van der Waals surface area contributed by atoms with Gasteiger partial charge in [-0.05, 0) is 12.5 Å². The summed E-state index contributed by atoms with van der Waals surface area (Å²) >= 11 is 0. The zero-order chi connectivity index (χ0) is 15.3. The minimum atomic E-state index is -1.25. The van der Waals surface area contributed by atoms with E-state index >= 15 is 0 Å². The first-order chi connectivity index (χ1) is 9.38. The molecule has 8 heteroatoms. The van der Waals surface area contributed by atoms with Crippen molar-refractivity contribution in [2.45, 2.75) is 6.42 Å². The number of ether oxygens (including phenoxy) is 1. The maximum Gasteiger partial charge on any atom is 0.307 e. The number of carbonyl (C=O) groups excluding carboxylic acids is 1. The molecule has 1 aromatic rings. The average Bonchev–Trinajstić information content (AvgIpc) is 2.40. The van der Waals surface area contributed by atoms with Crippen molar-refractivity contribution in [2.75, 3.05) is 27.3 Å². The molecule has 0 aliphatic heterocycles. The Morgan fingerprint density at radius 2 is 2.05 bits per heavy atom. The number of nitro benzene ring substituents is 1. The molecule has 0 bridgehead atoms. The van der Waals surface area contributed by atoms with Crippen LogP contribution in [0.4, 0.5) is 14.5 Å². The lowest BCUT2D eigenvalue weighted by atomic mass is 10.1. The predicted octanol–water partition coefficient (Wildman–Crippen LogP) is 1.98. The lowest BCUT2D eigenvalue weighted by Gasteiger charge is -2.17. The zero-order valence-corrected chi connectivity index (χ0v) is 11.1. The van der Waals surface area contributed by atoms with Crippen molar-refractivity contribution in [3.63, 3.8) is 0 Å². The highest BCUT2D eigenvalue weighted by Crippen LogP contribution is 2.22. The maximum absolute atomic E-state index is 13.6. The molecule has 0 aromatic heterocycles. The third-order valence-corrected chi connectivity index (χ3v) is 2.65. The van der Waals surface area contributed by atoms with Gasteiger partial charge in [0, 0.05) is 27.3 Å². The molecule has 0 fully saturated rings. The highest BCUT2D eigenvalue weighted by atomic mass is 19.1. The number of hydrogen-bond donors (Lipinski definition) is 0. The number of carbonyl (C=O) groups is 1. The van der Waals surface area contributed by atoms with Gasteiger partial charge in [0.15, 0.2) is 0 Å². The summed E-state index contributed by atoms with van der Waals surface area (Å²) in [6.07, 6.45) is 0.538. The van der Waals surface area contributed by atoms with Gasteiger partial charge >= 0.3 is 5.69 Å². The average molecular weight is 288 g/mol. The molecule has 1 rings (SSSR count). The number of amides is 1. The molecule has 0 spiro atoms. The summed E-state index contributed by atoms with van der Waals surface area (Å²) in [6.45, 7) is 0.722. The number of methoxy groups -OCH3 is 1. The number of nitro groups is 1. The number of hydrogen-bond acceptors (Lipinski definition) is 4. The minimum absolute atomic E-state index is 0.296. The third-order valence-electron chi connectivity index (χ3n) is 2.65. The van der Waals surface area contributed by atoms with Crippen LogP contribution in [0.3, 0.4) is 0 Å². The maximum atomic E-state index is 13.6. The summed E-state index contributed by atoms with van der Waals surface area (Å²) in [5, 5.41) is 10.5. The summed E-state index contributed by atoms with van der Waals surface area (Å²) in [6, 6.07) is 0.953. The van der Waals surface area contributed by atoms with E-state index in [1.165, 1.54) is 19.1 Å². The van der Waals surface area contributed by atoms with Crippen LogP contribution in [-0.4, -0.2) is 43.0 Å². The van der Waals surface area contributed by atoms with E-state index in [9.17, 15) is 23.7 Å². The largest absolute Gasteiger partial charge is 0.385 e. The second-order valence-electron chi connectivity index (χ2n) is 4.11.